The number of rotatable bonds is 3. The fourth-order valence-corrected chi connectivity index (χ4v) is 2.91. The molecular weight excluding hydrogens is 316 g/mol. The number of carboxylic acid groups (broad SMARTS) is 1. The third-order valence-corrected chi connectivity index (χ3v) is 4.22. The second-order valence-electron chi connectivity index (χ2n) is 4.74. The Hall–Kier alpha value is -2.80. The summed E-state index contributed by atoms with van der Waals surface area (Å²) in [6.45, 7) is 0. The highest BCUT2D eigenvalue weighted by molar-refractivity contribution is 8.18. The third kappa shape index (κ3) is 3.19. The fourth-order valence-electron chi connectivity index (χ4n) is 1.94. The van der Waals surface area contributed by atoms with E-state index in [1.54, 1.807) is 43.7 Å². The molecular formula is C16H12N2O4S. The lowest BCUT2D eigenvalue weighted by Crippen LogP contribution is -2.23. The van der Waals surface area contributed by atoms with Crippen LogP contribution in [0.4, 0.5) is 5.69 Å². The fraction of sp³-hybridized carbons (Fsp3) is 0.0625. The van der Waals surface area contributed by atoms with E-state index < -0.39 is 5.97 Å². The van der Waals surface area contributed by atoms with Gasteiger partial charge in [-0.2, -0.15) is 0 Å². The first-order chi connectivity index (χ1) is 11.0. The van der Waals surface area contributed by atoms with Gasteiger partial charge in [-0.1, -0.05) is 0 Å². The van der Waals surface area contributed by atoms with Crippen LogP contribution in [0.5, 0.6) is 0 Å². The van der Waals surface area contributed by atoms with Crippen molar-refractivity contribution >= 4 is 40.6 Å². The average molecular weight is 328 g/mol. The van der Waals surface area contributed by atoms with Crippen molar-refractivity contribution in [3.05, 3.63) is 58.9 Å². The number of aliphatic imine (C=N–C) groups is 1. The Morgan fingerprint density at radius 3 is 2.65 bits per heavy atom. The minimum atomic E-state index is -0.990. The first-order valence-corrected chi connectivity index (χ1v) is 7.49. The summed E-state index contributed by atoms with van der Waals surface area (Å²) in [6.07, 6.45) is 3.21. The molecule has 1 aromatic heterocycles. The largest absolute Gasteiger partial charge is 0.478 e. The highest BCUT2D eigenvalue weighted by atomic mass is 32.2. The number of furan rings is 1. The van der Waals surface area contributed by atoms with Gasteiger partial charge in [0, 0.05) is 13.1 Å². The zero-order valence-corrected chi connectivity index (χ0v) is 12.9. The van der Waals surface area contributed by atoms with Crippen LogP contribution in [-0.4, -0.2) is 34.1 Å². The van der Waals surface area contributed by atoms with Gasteiger partial charge in [-0.15, -0.1) is 0 Å². The maximum Gasteiger partial charge on any atom is 0.335 e. The second-order valence-corrected chi connectivity index (χ2v) is 5.75. The monoisotopic (exact) mass is 328 g/mol. The molecule has 1 aliphatic heterocycles. The quantitative estimate of drug-likeness (QED) is 0.875. The molecule has 1 aliphatic rings. The highest BCUT2D eigenvalue weighted by Gasteiger charge is 2.30. The second kappa shape index (κ2) is 6.13. The van der Waals surface area contributed by atoms with Gasteiger partial charge < -0.3 is 9.52 Å². The van der Waals surface area contributed by atoms with Crippen molar-refractivity contribution in [2.75, 3.05) is 7.05 Å². The van der Waals surface area contributed by atoms with E-state index in [4.69, 9.17) is 9.52 Å². The van der Waals surface area contributed by atoms with E-state index in [0.717, 1.165) is 0 Å². The van der Waals surface area contributed by atoms with Gasteiger partial charge in [0.25, 0.3) is 5.91 Å². The molecule has 0 unspecified atom stereocenters. The smallest absolute Gasteiger partial charge is 0.335 e. The van der Waals surface area contributed by atoms with Crippen LogP contribution < -0.4 is 0 Å². The topological polar surface area (TPSA) is 83.1 Å². The van der Waals surface area contributed by atoms with Gasteiger partial charge in [-0.05, 0) is 48.2 Å². The van der Waals surface area contributed by atoms with E-state index in [1.165, 1.54) is 28.8 Å². The Morgan fingerprint density at radius 2 is 2.04 bits per heavy atom. The molecule has 1 saturated heterocycles. The van der Waals surface area contributed by atoms with Crippen LogP contribution >= 0.6 is 11.8 Å². The number of carboxylic acids is 1. The number of hydrogen-bond acceptors (Lipinski definition) is 5. The number of hydrogen-bond donors (Lipinski definition) is 1. The number of likely N-dealkylation sites (N-methyl/N-ethyl adjacent to an activating group) is 1. The van der Waals surface area contributed by atoms with Crippen molar-refractivity contribution in [1.82, 2.24) is 4.90 Å². The highest BCUT2D eigenvalue weighted by Crippen LogP contribution is 2.33. The van der Waals surface area contributed by atoms with Crippen molar-refractivity contribution in [2.45, 2.75) is 0 Å². The summed E-state index contributed by atoms with van der Waals surface area (Å²) in [7, 11) is 1.64. The third-order valence-electron chi connectivity index (χ3n) is 3.16. The number of amides is 1. The molecule has 1 aromatic carbocycles. The zero-order chi connectivity index (χ0) is 16.4. The lowest BCUT2D eigenvalue weighted by atomic mass is 10.2. The van der Waals surface area contributed by atoms with Gasteiger partial charge in [0.2, 0.25) is 0 Å². The summed E-state index contributed by atoms with van der Waals surface area (Å²) in [6, 6.07) is 9.67. The van der Waals surface area contributed by atoms with Gasteiger partial charge in [0.15, 0.2) is 5.17 Å². The lowest BCUT2D eigenvalue weighted by molar-refractivity contribution is -0.121. The molecule has 1 N–H and O–H groups in total. The number of nitrogens with zero attached hydrogens (tertiary/aromatic N) is 2. The van der Waals surface area contributed by atoms with Crippen LogP contribution in [0.1, 0.15) is 16.1 Å². The molecule has 1 fully saturated rings. The molecule has 2 aromatic rings. The summed E-state index contributed by atoms with van der Waals surface area (Å²) in [5.74, 6) is -0.552. The van der Waals surface area contributed by atoms with E-state index >= 15 is 0 Å². The predicted octanol–water partition coefficient (Wildman–Crippen LogP) is 3.21. The molecule has 2 heterocycles. The summed E-state index contributed by atoms with van der Waals surface area (Å²) < 4.78 is 5.21. The van der Waals surface area contributed by atoms with E-state index in [-0.39, 0.29) is 11.5 Å². The Bertz CT molecular complexity index is 807. The van der Waals surface area contributed by atoms with Gasteiger partial charge in [0.1, 0.15) is 5.76 Å². The predicted molar refractivity (Wildman–Crippen MR) is 87.5 cm³/mol. The Labute approximate surface area is 136 Å². The van der Waals surface area contributed by atoms with Crippen LogP contribution in [0.25, 0.3) is 6.08 Å². The molecule has 0 bridgehead atoms. The van der Waals surface area contributed by atoms with Crippen molar-refractivity contribution in [3.63, 3.8) is 0 Å². The molecule has 1 amide bonds. The maximum absolute atomic E-state index is 12.2. The Kier molecular flexibility index (Phi) is 4.03. The summed E-state index contributed by atoms with van der Waals surface area (Å²) >= 11 is 1.24. The van der Waals surface area contributed by atoms with E-state index in [0.29, 0.717) is 21.5 Å². The molecule has 116 valence electrons. The van der Waals surface area contributed by atoms with Gasteiger partial charge in [-0.25, -0.2) is 9.79 Å². The van der Waals surface area contributed by atoms with Crippen molar-refractivity contribution in [3.8, 4) is 0 Å². The van der Waals surface area contributed by atoms with Gasteiger partial charge >= 0.3 is 5.97 Å². The SMILES string of the molecule is CN1C(=O)/C(=C/c2ccco2)SC1=Nc1ccc(C(=O)O)cc1. The average Bonchev–Trinajstić information content (AvgIpc) is 3.13. The van der Waals surface area contributed by atoms with E-state index in [2.05, 4.69) is 4.99 Å². The van der Waals surface area contributed by atoms with Gasteiger partial charge in [-0.3, -0.25) is 9.69 Å². The number of carbonyl (C=O) groups excluding carboxylic acids is 1. The van der Waals surface area contributed by atoms with Crippen LogP contribution in [0.15, 0.2) is 57.0 Å². The van der Waals surface area contributed by atoms with Crippen LogP contribution in [0.2, 0.25) is 0 Å². The van der Waals surface area contributed by atoms with Crippen molar-refractivity contribution in [2.24, 2.45) is 4.99 Å². The van der Waals surface area contributed by atoms with Crippen LogP contribution in [0, 0.1) is 0 Å². The molecule has 0 radical (unpaired) electrons. The summed E-state index contributed by atoms with van der Waals surface area (Å²) in [4.78, 5) is 29.4. The first-order valence-electron chi connectivity index (χ1n) is 6.68. The molecule has 0 atom stereocenters. The number of benzene rings is 1. The van der Waals surface area contributed by atoms with Crippen LogP contribution in [-0.2, 0) is 4.79 Å². The molecule has 6 nitrogen and oxygen atoms in total. The maximum atomic E-state index is 12.2. The first kappa shape index (κ1) is 15.1. The molecule has 7 heteroatoms. The summed E-state index contributed by atoms with van der Waals surface area (Å²) in [5, 5.41) is 9.41. The molecule has 0 saturated carbocycles. The van der Waals surface area contributed by atoms with E-state index in [1.807, 2.05) is 0 Å². The molecule has 0 spiro atoms. The molecule has 23 heavy (non-hydrogen) atoms. The summed E-state index contributed by atoms with van der Waals surface area (Å²) in [5.41, 5.74) is 0.771. The normalized spacial score (nSPS) is 18.1. The minimum Gasteiger partial charge on any atom is -0.478 e. The Morgan fingerprint density at radius 1 is 1.30 bits per heavy atom. The lowest BCUT2D eigenvalue weighted by Gasteiger charge is -2.07. The minimum absolute atomic E-state index is 0.160. The Balaban J connectivity index is 1.85. The number of aromatic carboxylic acids is 1. The number of carbonyl (C=O) groups is 2. The van der Waals surface area contributed by atoms with Crippen molar-refractivity contribution < 1.29 is 19.1 Å². The number of amidine groups is 1. The van der Waals surface area contributed by atoms with Crippen molar-refractivity contribution in [1.29, 1.82) is 0 Å². The van der Waals surface area contributed by atoms with Gasteiger partial charge in [0.05, 0.1) is 22.4 Å². The molecule has 3 rings (SSSR count). The zero-order valence-electron chi connectivity index (χ0n) is 12.1. The van der Waals surface area contributed by atoms with E-state index in [9.17, 15) is 9.59 Å². The van der Waals surface area contributed by atoms with Crippen LogP contribution in [0.3, 0.4) is 0 Å². The standard InChI is InChI=1S/C16H12N2O4S/c1-18-14(19)13(9-12-3-2-8-22-12)23-16(18)17-11-6-4-10(5-7-11)15(20)21/h2-9H,1H3,(H,20,21)/b13-9-,17-16?. The molecule has 0 aliphatic carbocycles. The number of thioether (sulfide) groups is 1.